The van der Waals surface area contributed by atoms with Crippen molar-refractivity contribution in [2.75, 3.05) is 12.0 Å². The number of rotatable bonds is 5. The van der Waals surface area contributed by atoms with Gasteiger partial charge < -0.3 is 9.84 Å². The number of amides is 1. The molecule has 4 rings (SSSR count). The second-order valence-electron chi connectivity index (χ2n) is 7.92. The molecule has 0 spiro atoms. The first-order chi connectivity index (χ1) is 15.4. The van der Waals surface area contributed by atoms with Crippen LogP contribution in [0.25, 0.3) is 5.76 Å². The minimum Gasteiger partial charge on any atom is -0.507 e. The summed E-state index contributed by atoms with van der Waals surface area (Å²) in [7, 11) is 1.55. The fraction of sp³-hybridized carbons (Fsp3) is 0.192. The lowest BCUT2D eigenvalue weighted by Gasteiger charge is -2.25. The number of aromatic nitrogens is 1. The standard InChI is InChI=1S/C26H24N2O4/c1-16(2)17-4-8-20(9-5-17)28-23(18-12-14-27-15-13-18)22(25(30)26(28)31)24(29)19-6-10-21(32-3)11-7-19/h4-16,23,29H,1-3H3/b24-22+. The molecular weight excluding hydrogens is 404 g/mol. The Kier molecular flexibility index (Phi) is 5.77. The van der Waals surface area contributed by atoms with Crippen molar-refractivity contribution in [3.8, 4) is 5.75 Å². The molecule has 6 heteroatoms. The maximum Gasteiger partial charge on any atom is 0.300 e. The highest BCUT2D eigenvalue weighted by atomic mass is 16.5. The SMILES string of the molecule is COc1ccc(/C(O)=C2\C(=O)C(=O)N(c3ccc(C(C)C)cc3)C2c2ccncc2)cc1. The number of Topliss-reactive ketones (excluding diaryl/α,β-unsaturated/α-hetero) is 1. The van der Waals surface area contributed by atoms with Gasteiger partial charge in [-0.3, -0.25) is 19.5 Å². The number of aliphatic hydroxyl groups excluding tert-OH is 1. The van der Waals surface area contributed by atoms with E-state index in [-0.39, 0.29) is 11.3 Å². The van der Waals surface area contributed by atoms with Crippen LogP contribution in [0.15, 0.2) is 78.6 Å². The van der Waals surface area contributed by atoms with Crippen molar-refractivity contribution in [2.45, 2.75) is 25.8 Å². The number of anilines is 1. The van der Waals surface area contributed by atoms with Crippen molar-refractivity contribution in [2.24, 2.45) is 0 Å². The molecular formula is C26H24N2O4. The highest BCUT2D eigenvalue weighted by Crippen LogP contribution is 2.42. The normalized spacial score (nSPS) is 17.8. The highest BCUT2D eigenvalue weighted by molar-refractivity contribution is 6.51. The number of ether oxygens (including phenoxy) is 1. The quantitative estimate of drug-likeness (QED) is 0.357. The van der Waals surface area contributed by atoms with Gasteiger partial charge in [0.25, 0.3) is 11.7 Å². The van der Waals surface area contributed by atoms with Crippen LogP contribution >= 0.6 is 0 Å². The van der Waals surface area contributed by atoms with Crippen LogP contribution in [0.5, 0.6) is 5.75 Å². The molecule has 0 bridgehead atoms. The van der Waals surface area contributed by atoms with Gasteiger partial charge in [0.1, 0.15) is 11.5 Å². The molecule has 1 aliphatic rings. The van der Waals surface area contributed by atoms with Crippen LogP contribution in [0.4, 0.5) is 5.69 Å². The van der Waals surface area contributed by atoms with Gasteiger partial charge in [-0.05, 0) is 65.6 Å². The lowest BCUT2D eigenvalue weighted by atomic mass is 9.95. The van der Waals surface area contributed by atoms with E-state index in [1.807, 2.05) is 24.3 Å². The van der Waals surface area contributed by atoms with Crippen molar-refractivity contribution >= 4 is 23.1 Å². The number of nitrogens with zero attached hydrogens (tertiary/aromatic N) is 2. The van der Waals surface area contributed by atoms with Crippen LogP contribution in [-0.4, -0.2) is 28.9 Å². The molecule has 2 heterocycles. The molecule has 0 aliphatic carbocycles. The van der Waals surface area contributed by atoms with E-state index in [1.54, 1.807) is 55.9 Å². The van der Waals surface area contributed by atoms with Crippen LogP contribution in [0.3, 0.4) is 0 Å². The summed E-state index contributed by atoms with van der Waals surface area (Å²) in [5.74, 6) is -0.676. The third kappa shape index (κ3) is 3.75. The van der Waals surface area contributed by atoms with Crippen molar-refractivity contribution < 1.29 is 19.4 Å². The molecule has 1 aromatic heterocycles. The van der Waals surface area contributed by atoms with Gasteiger partial charge in [0, 0.05) is 23.6 Å². The van der Waals surface area contributed by atoms with Crippen molar-refractivity contribution in [3.05, 3.63) is 95.3 Å². The van der Waals surface area contributed by atoms with Gasteiger partial charge in [0.15, 0.2) is 0 Å². The van der Waals surface area contributed by atoms with Crippen molar-refractivity contribution in [1.82, 2.24) is 4.98 Å². The Labute approximate surface area is 186 Å². The number of carbonyl (C=O) groups excluding carboxylic acids is 2. The Morgan fingerprint density at radius 3 is 2.16 bits per heavy atom. The second-order valence-corrected chi connectivity index (χ2v) is 7.92. The largest absolute Gasteiger partial charge is 0.507 e. The molecule has 6 nitrogen and oxygen atoms in total. The zero-order chi connectivity index (χ0) is 22.8. The van der Waals surface area contributed by atoms with E-state index in [0.717, 1.165) is 5.56 Å². The van der Waals surface area contributed by atoms with E-state index >= 15 is 0 Å². The summed E-state index contributed by atoms with van der Waals surface area (Å²) in [4.78, 5) is 31.8. The number of carbonyl (C=O) groups is 2. The fourth-order valence-electron chi connectivity index (χ4n) is 3.88. The lowest BCUT2D eigenvalue weighted by molar-refractivity contribution is -0.132. The summed E-state index contributed by atoms with van der Waals surface area (Å²) in [6, 6.07) is 17.0. The Hall–Kier alpha value is -3.93. The average molecular weight is 428 g/mol. The zero-order valence-electron chi connectivity index (χ0n) is 18.1. The molecule has 0 radical (unpaired) electrons. The smallest absolute Gasteiger partial charge is 0.300 e. The molecule has 0 saturated carbocycles. The Morgan fingerprint density at radius 1 is 0.969 bits per heavy atom. The molecule has 1 saturated heterocycles. The third-order valence-electron chi connectivity index (χ3n) is 5.67. The molecule has 1 N–H and O–H groups in total. The Balaban J connectivity index is 1.87. The van der Waals surface area contributed by atoms with Gasteiger partial charge in [-0.25, -0.2) is 0 Å². The number of pyridine rings is 1. The molecule has 3 aromatic rings. The van der Waals surface area contributed by atoms with Crippen LogP contribution < -0.4 is 9.64 Å². The van der Waals surface area contributed by atoms with E-state index in [0.29, 0.717) is 28.5 Å². The summed E-state index contributed by atoms with van der Waals surface area (Å²) < 4.78 is 5.17. The first-order valence-electron chi connectivity index (χ1n) is 10.4. The molecule has 162 valence electrons. The van der Waals surface area contributed by atoms with Crippen LogP contribution in [0.2, 0.25) is 0 Å². The second kappa shape index (κ2) is 8.67. The summed E-state index contributed by atoms with van der Waals surface area (Å²) in [5, 5.41) is 11.1. The van der Waals surface area contributed by atoms with E-state index in [2.05, 4.69) is 18.8 Å². The van der Waals surface area contributed by atoms with E-state index < -0.39 is 17.7 Å². The molecule has 2 aromatic carbocycles. The number of ketones is 1. The Morgan fingerprint density at radius 2 is 1.59 bits per heavy atom. The van der Waals surface area contributed by atoms with Crippen LogP contribution in [0.1, 0.15) is 42.5 Å². The van der Waals surface area contributed by atoms with Crippen molar-refractivity contribution in [3.63, 3.8) is 0 Å². The molecule has 1 aliphatic heterocycles. The van der Waals surface area contributed by atoms with Crippen LogP contribution in [0, 0.1) is 0 Å². The molecule has 32 heavy (non-hydrogen) atoms. The predicted octanol–water partition coefficient (Wildman–Crippen LogP) is 4.84. The highest BCUT2D eigenvalue weighted by Gasteiger charge is 2.46. The first-order valence-corrected chi connectivity index (χ1v) is 10.4. The van der Waals surface area contributed by atoms with Gasteiger partial charge >= 0.3 is 0 Å². The maximum absolute atomic E-state index is 13.2. The van der Waals surface area contributed by atoms with Gasteiger partial charge in [0.05, 0.1) is 18.7 Å². The topological polar surface area (TPSA) is 79.7 Å². The van der Waals surface area contributed by atoms with Crippen LogP contribution in [-0.2, 0) is 9.59 Å². The fourth-order valence-corrected chi connectivity index (χ4v) is 3.88. The van der Waals surface area contributed by atoms with E-state index in [1.165, 1.54) is 4.90 Å². The van der Waals surface area contributed by atoms with E-state index in [9.17, 15) is 14.7 Å². The summed E-state index contributed by atoms with van der Waals surface area (Å²) in [5.41, 5.74) is 2.87. The minimum absolute atomic E-state index is 0.0410. The third-order valence-corrected chi connectivity index (χ3v) is 5.67. The summed E-state index contributed by atoms with van der Waals surface area (Å²) in [6.07, 6.45) is 3.20. The number of hydrogen-bond donors (Lipinski definition) is 1. The molecule has 1 amide bonds. The van der Waals surface area contributed by atoms with Gasteiger partial charge in [-0.2, -0.15) is 0 Å². The Bertz CT molecular complexity index is 1170. The predicted molar refractivity (Wildman–Crippen MR) is 123 cm³/mol. The first kappa shape index (κ1) is 21.3. The van der Waals surface area contributed by atoms with Crippen molar-refractivity contribution in [1.29, 1.82) is 0 Å². The van der Waals surface area contributed by atoms with Gasteiger partial charge in [0.2, 0.25) is 0 Å². The number of hydrogen-bond acceptors (Lipinski definition) is 5. The minimum atomic E-state index is -0.773. The zero-order valence-corrected chi connectivity index (χ0v) is 18.1. The average Bonchev–Trinajstić information content (AvgIpc) is 3.09. The lowest BCUT2D eigenvalue weighted by Crippen LogP contribution is -2.29. The summed E-state index contributed by atoms with van der Waals surface area (Å²) in [6.45, 7) is 4.18. The van der Waals surface area contributed by atoms with E-state index in [4.69, 9.17) is 4.74 Å². The molecule has 1 unspecified atom stereocenters. The summed E-state index contributed by atoms with van der Waals surface area (Å²) >= 11 is 0. The molecule has 1 atom stereocenters. The maximum atomic E-state index is 13.2. The van der Waals surface area contributed by atoms with Gasteiger partial charge in [-0.1, -0.05) is 26.0 Å². The molecule has 1 fully saturated rings. The van der Waals surface area contributed by atoms with Gasteiger partial charge in [-0.15, -0.1) is 0 Å². The number of methoxy groups -OCH3 is 1. The number of aliphatic hydroxyl groups is 1. The number of benzene rings is 2. The monoisotopic (exact) mass is 428 g/mol.